The van der Waals surface area contributed by atoms with Crippen LogP contribution in [-0.2, 0) is 19.4 Å². The van der Waals surface area contributed by atoms with Crippen LogP contribution in [0, 0.1) is 6.92 Å². The van der Waals surface area contributed by atoms with Crippen molar-refractivity contribution in [1.29, 1.82) is 0 Å². The van der Waals surface area contributed by atoms with Gasteiger partial charge in [0.05, 0.1) is 36.0 Å². The summed E-state index contributed by atoms with van der Waals surface area (Å²) in [5, 5.41) is 27.3. The number of rotatable bonds is 14. The molecule has 1 rings (SSSR count). The zero-order valence-corrected chi connectivity index (χ0v) is 17.3. The molecule has 1 aromatic carbocycles. The largest absolute Gasteiger partial charge is 0.512 e. The molecule has 1 aromatic rings. The van der Waals surface area contributed by atoms with Crippen LogP contribution < -0.4 is 0 Å². The lowest BCUT2D eigenvalue weighted by molar-refractivity contribution is -0.140. The molecule has 9 nitrogen and oxygen atoms in total. The van der Waals surface area contributed by atoms with Gasteiger partial charge in [-0.05, 0) is 32.0 Å². The van der Waals surface area contributed by atoms with Gasteiger partial charge in [-0.3, -0.25) is 19.4 Å². The molecule has 10 heteroatoms. The molecule has 29 heavy (non-hydrogen) atoms. The van der Waals surface area contributed by atoms with Crippen LogP contribution in [0.1, 0.15) is 12.0 Å². The minimum atomic E-state index is -3.47. The lowest BCUT2D eigenvalue weighted by atomic mass is 10.2. The van der Waals surface area contributed by atoms with E-state index in [4.69, 9.17) is 10.2 Å². The van der Waals surface area contributed by atoms with Gasteiger partial charge in [0, 0.05) is 13.1 Å². The van der Waals surface area contributed by atoms with Crippen LogP contribution in [0.4, 0.5) is 0 Å². The Kier molecular flexibility index (Phi) is 9.79. The number of sulfone groups is 1. The van der Waals surface area contributed by atoms with E-state index in [0.29, 0.717) is 0 Å². The van der Waals surface area contributed by atoms with Crippen LogP contribution in [0.15, 0.2) is 41.5 Å². The van der Waals surface area contributed by atoms with Crippen molar-refractivity contribution < 1.29 is 33.3 Å². The molecule has 0 unspecified atom stereocenters. The number of hydrogen-bond donors (Lipinski definition) is 3. The molecule has 0 aliphatic rings. The molecule has 162 valence electrons. The maximum absolute atomic E-state index is 12.4. The molecular weight excluding hydrogens is 400 g/mol. The lowest BCUT2D eigenvalue weighted by Crippen LogP contribution is -2.41. The molecule has 0 radical (unpaired) electrons. The fraction of sp³-hybridized carbons (Fsp3) is 0.474. The normalized spacial score (nSPS) is 11.7. The number of carboxylic acid groups (broad SMARTS) is 2. The van der Waals surface area contributed by atoms with Crippen LogP contribution in [0.2, 0.25) is 0 Å². The second-order valence-corrected chi connectivity index (χ2v) is 8.94. The summed E-state index contributed by atoms with van der Waals surface area (Å²) in [5.74, 6) is -2.47. The van der Waals surface area contributed by atoms with Crippen LogP contribution in [-0.4, -0.2) is 90.5 Å². The predicted octanol–water partition coefficient (Wildman–Crippen LogP) is 1.00. The summed E-state index contributed by atoms with van der Waals surface area (Å²) >= 11 is 0. The molecular formula is C19H28N2O7S. The molecule has 0 amide bonds. The average molecular weight is 429 g/mol. The number of aliphatic carboxylic acids is 2. The van der Waals surface area contributed by atoms with Gasteiger partial charge in [-0.2, -0.15) is 0 Å². The number of benzene rings is 1. The van der Waals surface area contributed by atoms with Gasteiger partial charge in [-0.1, -0.05) is 24.3 Å². The van der Waals surface area contributed by atoms with Gasteiger partial charge in [-0.15, -0.1) is 0 Å². The van der Waals surface area contributed by atoms with Gasteiger partial charge in [0.1, 0.15) is 0 Å². The first-order valence-electron chi connectivity index (χ1n) is 9.04. The summed E-state index contributed by atoms with van der Waals surface area (Å²) in [6.07, 6.45) is 0.231. The number of hydrogen-bond acceptors (Lipinski definition) is 7. The van der Waals surface area contributed by atoms with Gasteiger partial charge in [0.2, 0.25) is 0 Å². The molecule has 0 saturated carbocycles. The molecule has 3 N–H and O–H groups in total. The molecule has 0 heterocycles. The summed E-state index contributed by atoms with van der Waals surface area (Å²) in [4.78, 5) is 25.2. The van der Waals surface area contributed by atoms with Crippen molar-refractivity contribution in [2.24, 2.45) is 0 Å². The topological polar surface area (TPSA) is 135 Å². The van der Waals surface area contributed by atoms with Crippen molar-refractivity contribution in [3.63, 3.8) is 0 Å². The number of aliphatic hydroxyl groups excluding tert-OH is 1. The Morgan fingerprint density at radius 2 is 1.41 bits per heavy atom. The van der Waals surface area contributed by atoms with E-state index in [-0.39, 0.29) is 62.1 Å². The molecule has 0 aliphatic carbocycles. The van der Waals surface area contributed by atoms with E-state index in [0.717, 1.165) is 5.56 Å². The minimum Gasteiger partial charge on any atom is -0.512 e. The molecule has 0 bridgehead atoms. The van der Waals surface area contributed by atoms with E-state index in [9.17, 15) is 23.1 Å². The van der Waals surface area contributed by atoms with Crippen molar-refractivity contribution in [2.45, 2.75) is 18.2 Å². The lowest BCUT2D eigenvalue weighted by Gasteiger charge is -2.25. The summed E-state index contributed by atoms with van der Waals surface area (Å²) in [6.45, 7) is 5.13. The number of carboxylic acids is 2. The molecule has 0 aromatic heterocycles. The van der Waals surface area contributed by atoms with Gasteiger partial charge in [0.25, 0.3) is 0 Å². The Balaban J connectivity index is 2.66. The summed E-state index contributed by atoms with van der Waals surface area (Å²) in [7, 11) is -3.47. The highest BCUT2D eigenvalue weighted by Gasteiger charge is 2.18. The average Bonchev–Trinajstić information content (AvgIpc) is 2.58. The first-order chi connectivity index (χ1) is 13.5. The van der Waals surface area contributed by atoms with Gasteiger partial charge < -0.3 is 15.3 Å². The van der Waals surface area contributed by atoms with Crippen LogP contribution >= 0.6 is 0 Å². The van der Waals surface area contributed by atoms with Crippen LogP contribution in [0.25, 0.3) is 0 Å². The third kappa shape index (κ3) is 10.1. The standard InChI is InChI=1S/C19H28N2O7S/c1-15-4-6-17(7-5-15)29(27,28)11-3-8-20(13-18(23)24)9-10-21(12-16(2)22)14-19(25)26/h4-7,22H,2-3,8-14H2,1H3,(H,23,24)(H,25,26). The number of nitrogens with zero attached hydrogens (tertiary/aromatic N) is 2. The molecule has 0 saturated heterocycles. The Labute approximate surface area is 170 Å². The van der Waals surface area contributed by atoms with Crippen molar-refractivity contribution in [3.05, 3.63) is 42.2 Å². The Morgan fingerprint density at radius 3 is 1.93 bits per heavy atom. The van der Waals surface area contributed by atoms with E-state index in [1.54, 1.807) is 29.2 Å². The zero-order valence-electron chi connectivity index (χ0n) is 16.5. The van der Waals surface area contributed by atoms with E-state index in [2.05, 4.69) is 6.58 Å². The van der Waals surface area contributed by atoms with E-state index in [1.165, 1.54) is 4.90 Å². The van der Waals surface area contributed by atoms with Crippen molar-refractivity contribution >= 4 is 21.8 Å². The minimum absolute atomic E-state index is 0.0466. The predicted molar refractivity (Wildman–Crippen MR) is 108 cm³/mol. The highest BCUT2D eigenvalue weighted by atomic mass is 32.2. The summed E-state index contributed by atoms with van der Waals surface area (Å²) in [6, 6.07) is 6.53. The Bertz CT molecular complexity index is 790. The third-order valence-corrected chi connectivity index (χ3v) is 5.94. The quantitative estimate of drug-likeness (QED) is 0.371. The maximum atomic E-state index is 12.4. The van der Waals surface area contributed by atoms with E-state index < -0.39 is 21.8 Å². The van der Waals surface area contributed by atoms with Crippen molar-refractivity contribution in [1.82, 2.24) is 9.80 Å². The second kappa shape index (κ2) is 11.5. The highest BCUT2D eigenvalue weighted by molar-refractivity contribution is 7.91. The van der Waals surface area contributed by atoms with E-state index >= 15 is 0 Å². The first-order valence-corrected chi connectivity index (χ1v) is 10.7. The molecule has 0 spiro atoms. The smallest absolute Gasteiger partial charge is 0.317 e. The summed E-state index contributed by atoms with van der Waals surface area (Å²) in [5.41, 5.74) is 0.952. The fourth-order valence-corrected chi connectivity index (χ4v) is 4.04. The SMILES string of the molecule is C=C(O)CN(CCN(CCCS(=O)(=O)c1ccc(C)cc1)CC(=O)O)CC(=O)O. The molecule has 0 aliphatic heterocycles. The zero-order chi connectivity index (χ0) is 22.0. The van der Waals surface area contributed by atoms with Gasteiger partial charge in [-0.25, -0.2) is 8.42 Å². The monoisotopic (exact) mass is 428 g/mol. The van der Waals surface area contributed by atoms with Gasteiger partial charge in [0.15, 0.2) is 9.84 Å². The number of aliphatic hydroxyl groups is 1. The molecule has 0 fully saturated rings. The van der Waals surface area contributed by atoms with E-state index in [1.807, 2.05) is 6.92 Å². The van der Waals surface area contributed by atoms with Crippen molar-refractivity contribution in [2.75, 3.05) is 45.0 Å². The Morgan fingerprint density at radius 1 is 0.897 bits per heavy atom. The fourth-order valence-electron chi connectivity index (χ4n) is 2.75. The highest BCUT2D eigenvalue weighted by Crippen LogP contribution is 2.13. The van der Waals surface area contributed by atoms with Crippen LogP contribution in [0.5, 0.6) is 0 Å². The summed E-state index contributed by atoms with van der Waals surface area (Å²) < 4.78 is 24.8. The molecule has 0 atom stereocenters. The van der Waals surface area contributed by atoms with Crippen molar-refractivity contribution in [3.8, 4) is 0 Å². The first kappa shape index (κ1) is 24.6. The van der Waals surface area contributed by atoms with Crippen LogP contribution in [0.3, 0.4) is 0 Å². The number of carbonyl (C=O) groups is 2. The number of aryl methyl sites for hydroxylation is 1. The second-order valence-electron chi connectivity index (χ2n) is 6.83. The Hall–Kier alpha value is -2.43. The maximum Gasteiger partial charge on any atom is 0.317 e. The third-order valence-electron chi connectivity index (χ3n) is 4.12. The van der Waals surface area contributed by atoms with Gasteiger partial charge >= 0.3 is 11.9 Å².